The summed E-state index contributed by atoms with van der Waals surface area (Å²) in [5, 5.41) is 2.45. The van der Waals surface area contributed by atoms with Crippen molar-refractivity contribution in [1.82, 2.24) is 0 Å². The number of halogens is 2. The van der Waals surface area contributed by atoms with Crippen molar-refractivity contribution in [2.24, 2.45) is 0 Å². The average molecular weight is 333 g/mol. The predicted molar refractivity (Wildman–Crippen MR) is 81.7 cm³/mol. The van der Waals surface area contributed by atoms with Crippen LogP contribution in [-0.2, 0) is 9.53 Å². The zero-order valence-corrected chi connectivity index (χ0v) is 12.6. The number of amides is 1. The minimum atomic E-state index is -1.03. The fourth-order valence-corrected chi connectivity index (χ4v) is 1.90. The molecule has 124 valence electrons. The molecule has 7 heteroatoms. The Balaban J connectivity index is 1.94. The van der Waals surface area contributed by atoms with E-state index in [2.05, 4.69) is 5.32 Å². The maximum atomic E-state index is 13.0. The van der Waals surface area contributed by atoms with Crippen LogP contribution in [0, 0.1) is 11.6 Å². The van der Waals surface area contributed by atoms with Gasteiger partial charge in [-0.15, -0.1) is 0 Å². The van der Waals surface area contributed by atoms with Crippen LogP contribution in [0.25, 0.3) is 0 Å². The van der Waals surface area contributed by atoms with E-state index in [1.165, 1.54) is 13.0 Å². The molecule has 24 heavy (non-hydrogen) atoms. The van der Waals surface area contributed by atoms with E-state index in [9.17, 15) is 23.2 Å². The van der Waals surface area contributed by atoms with Gasteiger partial charge >= 0.3 is 5.97 Å². The molecule has 0 aliphatic heterocycles. The van der Waals surface area contributed by atoms with Crippen LogP contribution in [-0.4, -0.2) is 24.3 Å². The van der Waals surface area contributed by atoms with Gasteiger partial charge in [-0.05, 0) is 31.2 Å². The van der Waals surface area contributed by atoms with Crippen molar-refractivity contribution in [2.45, 2.75) is 6.92 Å². The summed E-state index contributed by atoms with van der Waals surface area (Å²) in [4.78, 5) is 34.7. The van der Waals surface area contributed by atoms with E-state index in [1.54, 1.807) is 18.2 Å². The van der Waals surface area contributed by atoms with Crippen molar-refractivity contribution in [1.29, 1.82) is 0 Å². The lowest BCUT2D eigenvalue weighted by molar-refractivity contribution is -0.119. The molecule has 5 nitrogen and oxygen atoms in total. The quantitative estimate of drug-likeness (QED) is 0.674. The average Bonchev–Trinajstić information content (AvgIpc) is 2.52. The fourth-order valence-electron chi connectivity index (χ4n) is 1.90. The first-order valence-corrected chi connectivity index (χ1v) is 6.89. The Hall–Kier alpha value is -3.09. The van der Waals surface area contributed by atoms with Crippen LogP contribution in [0.3, 0.4) is 0 Å². The fraction of sp³-hybridized carbons (Fsp3) is 0.118. The minimum absolute atomic E-state index is 0.161. The predicted octanol–water partition coefficient (Wildman–Crippen LogP) is 2.96. The lowest BCUT2D eigenvalue weighted by atomic mass is 10.1. The van der Waals surface area contributed by atoms with E-state index < -0.39 is 30.1 Å². The van der Waals surface area contributed by atoms with E-state index in [-0.39, 0.29) is 11.3 Å². The van der Waals surface area contributed by atoms with E-state index in [0.29, 0.717) is 17.3 Å². The lowest BCUT2D eigenvalue weighted by Crippen LogP contribution is -2.21. The van der Waals surface area contributed by atoms with Crippen LogP contribution < -0.4 is 5.32 Å². The SMILES string of the molecule is CC(=O)c1cccc(NC(=O)COC(=O)c2cc(F)cc(F)c2)c1. The Morgan fingerprint density at radius 1 is 1.00 bits per heavy atom. The summed E-state index contributed by atoms with van der Waals surface area (Å²) in [7, 11) is 0. The molecule has 0 radical (unpaired) electrons. The number of hydrogen-bond donors (Lipinski definition) is 1. The van der Waals surface area contributed by atoms with Gasteiger partial charge in [0.15, 0.2) is 12.4 Å². The van der Waals surface area contributed by atoms with Crippen molar-refractivity contribution in [3.8, 4) is 0 Å². The molecule has 0 aliphatic rings. The Kier molecular flexibility index (Phi) is 5.36. The number of carbonyl (C=O) groups is 3. The van der Waals surface area contributed by atoms with Gasteiger partial charge in [0.25, 0.3) is 5.91 Å². The van der Waals surface area contributed by atoms with Crippen LogP contribution in [0.1, 0.15) is 27.6 Å². The summed E-state index contributed by atoms with van der Waals surface area (Å²) in [6.07, 6.45) is 0. The number of esters is 1. The highest BCUT2D eigenvalue weighted by Crippen LogP contribution is 2.12. The normalized spacial score (nSPS) is 10.1. The smallest absolute Gasteiger partial charge is 0.338 e. The Bertz CT molecular complexity index is 785. The number of nitrogens with one attached hydrogen (secondary N) is 1. The van der Waals surface area contributed by atoms with Gasteiger partial charge in [-0.3, -0.25) is 9.59 Å². The number of ether oxygens (including phenoxy) is 1. The van der Waals surface area contributed by atoms with Crippen LogP contribution in [0.2, 0.25) is 0 Å². The summed E-state index contributed by atoms with van der Waals surface area (Å²) in [6.45, 7) is 0.752. The third kappa shape index (κ3) is 4.70. The Morgan fingerprint density at radius 2 is 1.67 bits per heavy atom. The molecule has 0 unspecified atom stereocenters. The monoisotopic (exact) mass is 333 g/mol. The molecular weight excluding hydrogens is 320 g/mol. The number of rotatable bonds is 5. The largest absolute Gasteiger partial charge is 0.452 e. The molecule has 0 atom stereocenters. The summed E-state index contributed by atoms with van der Waals surface area (Å²) in [6, 6.07) is 8.45. The number of anilines is 1. The lowest BCUT2D eigenvalue weighted by Gasteiger charge is -2.07. The van der Waals surface area contributed by atoms with E-state index in [1.807, 2.05) is 0 Å². The second-order valence-corrected chi connectivity index (χ2v) is 4.92. The second kappa shape index (κ2) is 7.45. The topological polar surface area (TPSA) is 72.5 Å². The van der Waals surface area contributed by atoms with Crippen LogP contribution in [0.15, 0.2) is 42.5 Å². The number of benzene rings is 2. The number of carbonyl (C=O) groups excluding carboxylic acids is 3. The van der Waals surface area contributed by atoms with Crippen molar-refractivity contribution in [3.63, 3.8) is 0 Å². The maximum absolute atomic E-state index is 13.0. The summed E-state index contributed by atoms with van der Waals surface area (Å²) in [5.74, 6) is -3.69. The second-order valence-electron chi connectivity index (χ2n) is 4.92. The summed E-state index contributed by atoms with van der Waals surface area (Å²) in [5.41, 5.74) is 0.444. The van der Waals surface area contributed by atoms with Crippen molar-refractivity contribution >= 4 is 23.3 Å². The minimum Gasteiger partial charge on any atom is -0.452 e. The molecule has 2 aromatic rings. The molecule has 0 aromatic heterocycles. The number of hydrogen-bond acceptors (Lipinski definition) is 4. The van der Waals surface area contributed by atoms with Gasteiger partial charge in [0.05, 0.1) is 5.56 Å². The van der Waals surface area contributed by atoms with Gasteiger partial charge in [-0.25, -0.2) is 13.6 Å². The van der Waals surface area contributed by atoms with Crippen molar-refractivity contribution < 1.29 is 27.9 Å². The van der Waals surface area contributed by atoms with Gasteiger partial charge in [-0.2, -0.15) is 0 Å². The molecule has 0 fully saturated rings. The van der Waals surface area contributed by atoms with Crippen molar-refractivity contribution in [2.75, 3.05) is 11.9 Å². The standard InChI is InChI=1S/C17H13F2NO4/c1-10(21)11-3-2-4-15(7-11)20-16(22)9-24-17(23)12-5-13(18)8-14(19)6-12/h2-8H,9H2,1H3,(H,20,22). The first kappa shape index (κ1) is 17.3. The highest BCUT2D eigenvalue weighted by Gasteiger charge is 2.13. The van der Waals surface area contributed by atoms with Gasteiger partial charge in [-0.1, -0.05) is 12.1 Å². The number of Topliss-reactive ketones (excluding diaryl/α,β-unsaturated/α-hetero) is 1. The molecule has 2 rings (SSSR count). The summed E-state index contributed by atoms with van der Waals surface area (Å²) < 4.78 is 30.7. The molecule has 1 amide bonds. The van der Waals surface area contributed by atoms with Crippen molar-refractivity contribution in [3.05, 3.63) is 65.2 Å². The molecule has 0 heterocycles. The zero-order valence-electron chi connectivity index (χ0n) is 12.6. The third-order valence-corrected chi connectivity index (χ3v) is 2.99. The van der Waals surface area contributed by atoms with Gasteiger partial charge in [0.1, 0.15) is 11.6 Å². The highest BCUT2D eigenvalue weighted by atomic mass is 19.1. The molecule has 1 N–H and O–H groups in total. The number of ketones is 1. The molecule has 0 spiro atoms. The van der Waals surface area contributed by atoms with Crippen LogP contribution in [0.4, 0.5) is 14.5 Å². The zero-order chi connectivity index (χ0) is 17.7. The summed E-state index contributed by atoms with van der Waals surface area (Å²) >= 11 is 0. The van der Waals surface area contributed by atoms with Gasteiger partial charge in [0.2, 0.25) is 0 Å². The van der Waals surface area contributed by atoms with E-state index in [4.69, 9.17) is 4.74 Å². The van der Waals surface area contributed by atoms with Crippen LogP contribution in [0.5, 0.6) is 0 Å². The molecule has 0 bridgehead atoms. The Morgan fingerprint density at radius 3 is 2.29 bits per heavy atom. The van der Waals surface area contributed by atoms with E-state index in [0.717, 1.165) is 12.1 Å². The molecule has 0 saturated carbocycles. The van der Waals surface area contributed by atoms with Gasteiger partial charge < -0.3 is 10.1 Å². The van der Waals surface area contributed by atoms with Gasteiger partial charge in [0, 0.05) is 17.3 Å². The maximum Gasteiger partial charge on any atom is 0.338 e. The first-order chi connectivity index (χ1) is 11.3. The molecule has 0 aliphatic carbocycles. The molecule has 0 saturated heterocycles. The van der Waals surface area contributed by atoms with Crippen LogP contribution >= 0.6 is 0 Å². The molecule has 2 aromatic carbocycles. The van der Waals surface area contributed by atoms with E-state index >= 15 is 0 Å². The Labute approximate surface area is 136 Å². The third-order valence-electron chi connectivity index (χ3n) is 2.99. The highest BCUT2D eigenvalue weighted by molar-refractivity contribution is 5.98. The molecular formula is C17H13F2NO4. The first-order valence-electron chi connectivity index (χ1n) is 6.89.